The number of rotatable bonds is 5. The monoisotopic (exact) mass is 259 g/mol. The van der Waals surface area contributed by atoms with E-state index in [2.05, 4.69) is 4.72 Å². The molecule has 0 atom stereocenters. The van der Waals surface area contributed by atoms with Crippen molar-refractivity contribution in [3.05, 3.63) is 52.0 Å². The number of hydrogen-bond acceptors (Lipinski definition) is 5. The van der Waals surface area contributed by atoms with Crippen LogP contribution in [0.25, 0.3) is 0 Å². The fraction of sp³-hybridized carbons (Fsp3) is 0. The van der Waals surface area contributed by atoms with Gasteiger partial charge in [0.05, 0.1) is 21.9 Å². The molecule has 0 fully saturated rings. The van der Waals surface area contributed by atoms with Crippen molar-refractivity contribution in [3.63, 3.8) is 0 Å². The Kier molecular flexibility index (Phi) is 4.58. The average Bonchev–Trinajstić information content (AvgIpc) is 2.26. The topological polar surface area (TPSA) is 79.0 Å². The van der Waals surface area contributed by atoms with Crippen LogP contribution in [0.4, 0.5) is 14.0 Å². The minimum atomic E-state index is -0.771. The van der Waals surface area contributed by atoms with Gasteiger partial charge in [-0.3, -0.25) is 15.5 Å². The number of allylic oxidation sites excluding steroid dienone is 1. The van der Waals surface area contributed by atoms with E-state index in [1.165, 1.54) is 12.1 Å². The summed E-state index contributed by atoms with van der Waals surface area (Å²) in [6, 6.07) is 3.78. The molecule has 0 amide bonds. The number of nitrogens with one attached hydrogen (secondary N) is 2. The predicted octanol–water partition coefficient (Wildman–Crippen LogP) is 2.93. The molecule has 0 aliphatic carbocycles. The number of hydrogen-bond donors (Lipinski definition) is 2. The molecule has 90 valence electrons. The van der Waals surface area contributed by atoms with E-state index >= 15 is 0 Å². The van der Waals surface area contributed by atoms with Gasteiger partial charge in [-0.25, -0.2) is 4.39 Å². The Morgan fingerprint density at radius 2 is 2.29 bits per heavy atom. The Morgan fingerprint density at radius 3 is 2.88 bits per heavy atom. The van der Waals surface area contributed by atoms with Gasteiger partial charge in [0.25, 0.3) is 0 Å². The minimum absolute atomic E-state index is 0.0375. The Hall–Kier alpha value is -1.96. The zero-order valence-electron chi connectivity index (χ0n) is 8.31. The van der Waals surface area contributed by atoms with Crippen LogP contribution in [0.3, 0.4) is 0 Å². The molecule has 1 aromatic carbocycles. The average molecular weight is 259 g/mol. The second-order valence-electron chi connectivity index (χ2n) is 2.86. The first kappa shape index (κ1) is 13.1. The minimum Gasteiger partial charge on any atom is -0.302 e. The highest BCUT2D eigenvalue weighted by Gasteiger charge is 2.12. The van der Waals surface area contributed by atoms with Gasteiger partial charge in [0, 0.05) is 6.08 Å². The number of halogens is 2. The molecular weight excluding hydrogens is 252 g/mol. The van der Waals surface area contributed by atoms with E-state index in [-0.39, 0.29) is 23.6 Å². The van der Waals surface area contributed by atoms with Crippen LogP contribution >= 0.6 is 12.3 Å². The molecule has 1 aromatic rings. The molecule has 0 radical (unpaired) electrons. The summed E-state index contributed by atoms with van der Waals surface area (Å²) in [5, 5.41) is 17.6. The molecule has 0 aliphatic rings. The Morgan fingerprint density at radius 1 is 1.59 bits per heavy atom. The highest BCUT2D eigenvalue weighted by Crippen LogP contribution is 2.23. The van der Waals surface area contributed by atoms with Crippen molar-refractivity contribution in [1.29, 1.82) is 5.41 Å². The van der Waals surface area contributed by atoms with Crippen molar-refractivity contribution < 1.29 is 13.2 Å². The summed E-state index contributed by atoms with van der Waals surface area (Å²) in [6.07, 6.45) is 1.34. The van der Waals surface area contributed by atoms with Crippen LogP contribution in [0, 0.1) is 21.3 Å². The highest BCUT2D eigenvalue weighted by molar-refractivity contribution is 7.95. The maximum Gasteiger partial charge on any atom is 0.236 e. The van der Waals surface area contributed by atoms with Crippen molar-refractivity contribution in [2.24, 2.45) is 0 Å². The Balaban J connectivity index is 3.10. The smallest absolute Gasteiger partial charge is 0.236 e. The van der Waals surface area contributed by atoms with Crippen LogP contribution in [0.2, 0.25) is 0 Å². The summed E-state index contributed by atoms with van der Waals surface area (Å²) in [7, 11) is 0. The van der Waals surface area contributed by atoms with Gasteiger partial charge in [-0.1, -0.05) is 6.07 Å². The van der Waals surface area contributed by atoms with Crippen molar-refractivity contribution in [3.8, 4) is 0 Å². The second kappa shape index (κ2) is 5.94. The molecule has 2 N–H and O–H groups in total. The molecule has 0 saturated carbocycles. The lowest BCUT2D eigenvalue weighted by atomic mass is 10.1. The van der Waals surface area contributed by atoms with Crippen molar-refractivity contribution in [1.82, 2.24) is 0 Å². The first-order valence-corrected chi connectivity index (χ1v) is 5.00. The molecule has 0 saturated heterocycles. The quantitative estimate of drug-likeness (QED) is 0.369. The molecule has 0 bridgehead atoms. The lowest BCUT2D eigenvalue weighted by molar-refractivity contribution is -0.402. The Bertz CT molecular complexity index is 479. The lowest BCUT2D eigenvalue weighted by Gasteiger charge is -2.07. The molecule has 0 unspecified atom stereocenters. The fourth-order valence-corrected chi connectivity index (χ4v) is 1.40. The molecular formula is C9H7F2N3O2S. The SMILES string of the molecule is N=C(/C=C/[N+](=O)[O-])c1c(F)cccc1NSF. The molecule has 0 aromatic heterocycles. The first-order chi connectivity index (χ1) is 8.06. The zero-order chi connectivity index (χ0) is 12.8. The van der Waals surface area contributed by atoms with Gasteiger partial charge in [0.15, 0.2) is 12.3 Å². The fourth-order valence-electron chi connectivity index (χ4n) is 1.14. The van der Waals surface area contributed by atoms with Gasteiger partial charge in [0.2, 0.25) is 6.20 Å². The van der Waals surface area contributed by atoms with Gasteiger partial charge in [-0.15, -0.1) is 3.89 Å². The molecule has 0 spiro atoms. The number of nitro groups is 1. The van der Waals surface area contributed by atoms with E-state index in [1.54, 1.807) is 0 Å². The summed E-state index contributed by atoms with van der Waals surface area (Å²) in [4.78, 5) is 9.31. The van der Waals surface area contributed by atoms with E-state index < -0.39 is 16.5 Å². The molecule has 1 rings (SSSR count). The van der Waals surface area contributed by atoms with E-state index in [0.29, 0.717) is 6.20 Å². The number of nitrogens with zero attached hydrogens (tertiary/aromatic N) is 1. The van der Waals surface area contributed by atoms with Gasteiger partial charge in [-0.2, -0.15) is 0 Å². The summed E-state index contributed by atoms with van der Waals surface area (Å²) in [5.74, 6) is -0.762. The summed E-state index contributed by atoms with van der Waals surface area (Å²) in [5.41, 5.74) is -0.609. The van der Waals surface area contributed by atoms with Crippen LogP contribution in [0.5, 0.6) is 0 Å². The third-order valence-electron chi connectivity index (χ3n) is 1.79. The van der Waals surface area contributed by atoms with Crippen molar-refractivity contribution >= 4 is 23.7 Å². The third-order valence-corrected chi connectivity index (χ3v) is 2.09. The molecule has 0 heterocycles. The van der Waals surface area contributed by atoms with Gasteiger partial charge < -0.3 is 4.72 Å². The standard InChI is InChI=1S/C9H7F2N3O2S/c10-6-2-1-3-8(13-17-11)9(6)7(12)4-5-14(15)16/h1-5,12-13H/b5-4+,12-7?. The van der Waals surface area contributed by atoms with Gasteiger partial charge in [0.1, 0.15) is 5.82 Å². The van der Waals surface area contributed by atoms with Crippen molar-refractivity contribution in [2.75, 3.05) is 4.72 Å². The summed E-state index contributed by atoms with van der Waals surface area (Å²) < 4.78 is 27.6. The largest absolute Gasteiger partial charge is 0.302 e. The van der Waals surface area contributed by atoms with Crippen LogP contribution in [0.1, 0.15) is 5.56 Å². The third kappa shape index (κ3) is 3.52. The second-order valence-corrected chi connectivity index (χ2v) is 3.21. The van der Waals surface area contributed by atoms with Crippen LogP contribution in [-0.2, 0) is 0 Å². The normalized spacial score (nSPS) is 10.5. The van der Waals surface area contributed by atoms with E-state index in [0.717, 1.165) is 12.1 Å². The predicted molar refractivity (Wildman–Crippen MR) is 61.7 cm³/mol. The summed E-state index contributed by atoms with van der Waals surface area (Å²) in [6.45, 7) is 0. The number of anilines is 1. The lowest BCUT2D eigenvalue weighted by Crippen LogP contribution is -2.04. The zero-order valence-corrected chi connectivity index (χ0v) is 9.13. The van der Waals surface area contributed by atoms with E-state index in [1.807, 2.05) is 0 Å². The Labute approximate surface area is 99.6 Å². The molecule has 17 heavy (non-hydrogen) atoms. The highest BCUT2D eigenvalue weighted by atomic mass is 32.2. The van der Waals surface area contributed by atoms with Crippen LogP contribution in [-0.4, -0.2) is 10.6 Å². The van der Waals surface area contributed by atoms with Gasteiger partial charge in [-0.05, 0) is 12.1 Å². The molecule has 5 nitrogen and oxygen atoms in total. The maximum atomic E-state index is 13.4. The van der Waals surface area contributed by atoms with Crippen LogP contribution < -0.4 is 4.72 Å². The van der Waals surface area contributed by atoms with Crippen LogP contribution in [0.15, 0.2) is 30.5 Å². The molecule has 8 heteroatoms. The maximum absolute atomic E-state index is 13.4. The molecule has 0 aliphatic heterocycles. The van der Waals surface area contributed by atoms with E-state index in [9.17, 15) is 18.4 Å². The van der Waals surface area contributed by atoms with E-state index in [4.69, 9.17) is 5.41 Å². The van der Waals surface area contributed by atoms with Crippen molar-refractivity contribution in [2.45, 2.75) is 0 Å². The van der Waals surface area contributed by atoms with Gasteiger partial charge >= 0.3 is 0 Å². The summed E-state index contributed by atoms with van der Waals surface area (Å²) >= 11 is -0.252. The number of benzene rings is 1. The first-order valence-electron chi connectivity index (χ1n) is 4.29.